The van der Waals surface area contributed by atoms with Gasteiger partial charge in [0, 0.05) is 29.1 Å². The van der Waals surface area contributed by atoms with Gasteiger partial charge in [-0.1, -0.05) is 36.3 Å². The average molecular weight is 315 g/mol. The predicted molar refractivity (Wildman–Crippen MR) is 66.4 cm³/mol. The molecule has 78 valence electrons. The van der Waals surface area contributed by atoms with Gasteiger partial charge in [-0.15, -0.1) is 0 Å². The van der Waals surface area contributed by atoms with Crippen LogP contribution >= 0.6 is 22.6 Å². The average Bonchev–Trinajstić information content (AvgIpc) is 2.28. The Morgan fingerprint density at radius 3 is 2.80 bits per heavy atom. The largest absolute Gasteiger partial charge is 0.436 e. The quantitative estimate of drug-likeness (QED) is 0.687. The first-order valence-electron chi connectivity index (χ1n) is 4.36. The number of carbonyl (C=O) groups is 1. The van der Waals surface area contributed by atoms with E-state index < -0.39 is 6.09 Å². The van der Waals surface area contributed by atoms with Crippen LogP contribution in [0.2, 0.25) is 0 Å². The topological polar surface area (TPSA) is 38.3 Å². The molecule has 0 fully saturated rings. The Bertz CT molecular complexity index is 367. The van der Waals surface area contributed by atoms with Crippen molar-refractivity contribution in [2.75, 3.05) is 6.61 Å². The minimum Gasteiger partial charge on any atom is -0.436 e. The van der Waals surface area contributed by atoms with Crippen LogP contribution in [0.4, 0.5) is 4.79 Å². The molecule has 0 aliphatic carbocycles. The molecule has 1 amide bonds. The maximum absolute atomic E-state index is 11.1. The summed E-state index contributed by atoms with van der Waals surface area (Å²) < 4.78 is 7.39. The Morgan fingerprint density at radius 1 is 1.40 bits per heavy atom. The summed E-state index contributed by atoms with van der Waals surface area (Å²) in [7, 11) is 0. The van der Waals surface area contributed by atoms with Gasteiger partial charge in [0.05, 0.1) is 0 Å². The maximum atomic E-state index is 11.1. The van der Waals surface area contributed by atoms with Crippen molar-refractivity contribution in [2.45, 2.75) is 6.54 Å². The second-order valence-corrected chi connectivity index (χ2v) is 3.23. The van der Waals surface area contributed by atoms with E-state index in [0.29, 0.717) is 6.54 Å². The van der Waals surface area contributed by atoms with Crippen LogP contribution in [0.25, 0.3) is 0 Å². The molecular weight excluding hydrogens is 305 g/mol. The molecule has 3 nitrogen and oxygen atoms in total. The fraction of sp³-hybridized carbons (Fsp3) is 0.182. The number of benzene rings is 1. The van der Waals surface area contributed by atoms with E-state index in [1.165, 1.54) is 0 Å². The van der Waals surface area contributed by atoms with Crippen LogP contribution in [0.5, 0.6) is 0 Å². The number of carbonyl (C=O) groups excluding carboxylic acids is 1. The van der Waals surface area contributed by atoms with Gasteiger partial charge in [-0.25, -0.2) is 4.79 Å². The molecular formula is C11H10INO2. The molecule has 0 radical (unpaired) electrons. The van der Waals surface area contributed by atoms with E-state index in [0.717, 1.165) is 5.56 Å². The second-order valence-electron chi connectivity index (χ2n) is 2.69. The molecule has 15 heavy (non-hydrogen) atoms. The fourth-order valence-electron chi connectivity index (χ4n) is 0.950. The van der Waals surface area contributed by atoms with Crippen molar-refractivity contribution in [2.24, 2.45) is 0 Å². The molecule has 4 heteroatoms. The van der Waals surface area contributed by atoms with Gasteiger partial charge in [-0.3, -0.25) is 0 Å². The van der Waals surface area contributed by atoms with E-state index in [4.69, 9.17) is 4.74 Å². The number of nitrogens with one attached hydrogen (secondary N) is 1. The molecule has 0 aromatic heterocycles. The van der Waals surface area contributed by atoms with Gasteiger partial charge in [-0.05, 0) is 9.49 Å². The third-order valence-corrected chi connectivity index (χ3v) is 2.00. The van der Waals surface area contributed by atoms with Crippen molar-refractivity contribution in [3.8, 4) is 9.85 Å². The van der Waals surface area contributed by atoms with E-state index in [9.17, 15) is 4.79 Å². The highest BCUT2D eigenvalue weighted by Gasteiger charge is 1.99. The molecule has 1 aromatic rings. The van der Waals surface area contributed by atoms with Gasteiger partial charge in [0.15, 0.2) is 6.61 Å². The Hall–Kier alpha value is -1.22. The van der Waals surface area contributed by atoms with Gasteiger partial charge in [-0.2, -0.15) is 0 Å². The van der Waals surface area contributed by atoms with Crippen molar-refractivity contribution < 1.29 is 9.53 Å². The number of amides is 1. The first-order valence-corrected chi connectivity index (χ1v) is 5.44. The molecule has 0 saturated heterocycles. The highest BCUT2D eigenvalue weighted by atomic mass is 127. The van der Waals surface area contributed by atoms with Crippen LogP contribution in [0.15, 0.2) is 30.3 Å². The van der Waals surface area contributed by atoms with E-state index in [1.807, 2.05) is 52.9 Å². The number of halogens is 1. The molecule has 0 saturated carbocycles. The van der Waals surface area contributed by atoms with Crippen LogP contribution in [0, 0.1) is 9.85 Å². The van der Waals surface area contributed by atoms with Crippen LogP contribution in [-0.4, -0.2) is 12.7 Å². The monoisotopic (exact) mass is 315 g/mol. The zero-order chi connectivity index (χ0) is 10.9. The molecule has 0 spiro atoms. The van der Waals surface area contributed by atoms with Crippen molar-refractivity contribution in [3.63, 3.8) is 0 Å². The Morgan fingerprint density at radius 2 is 2.13 bits per heavy atom. The number of hydrogen-bond donors (Lipinski definition) is 1. The minimum atomic E-state index is -0.446. The Labute approximate surface area is 102 Å². The number of rotatable bonds is 3. The van der Waals surface area contributed by atoms with Crippen LogP contribution in [0.3, 0.4) is 0 Å². The standard InChI is InChI=1S/C11H10INO2/c12-7-4-8-15-11(14)13-9-10-5-2-1-3-6-10/h1-3,5-6H,8-9H2,(H,13,14). The summed E-state index contributed by atoms with van der Waals surface area (Å²) in [6.07, 6.45) is -0.446. The van der Waals surface area contributed by atoms with Crippen LogP contribution in [0.1, 0.15) is 5.56 Å². The maximum Gasteiger partial charge on any atom is 0.408 e. The van der Waals surface area contributed by atoms with E-state index in [2.05, 4.69) is 15.2 Å². The number of ether oxygens (including phenoxy) is 1. The summed E-state index contributed by atoms with van der Waals surface area (Å²) in [6, 6.07) is 9.64. The summed E-state index contributed by atoms with van der Waals surface area (Å²) in [6.45, 7) is 0.598. The summed E-state index contributed by atoms with van der Waals surface area (Å²) in [5, 5.41) is 2.63. The zero-order valence-corrected chi connectivity index (χ0v) is 10.2. The highest BCUT2D eigenvalue weighted by molar-refractivity contribution is 14.1. The van der Waals surface area contributed by atoms with E-state index in [-0.39, 0.29) is 6.61 Å². The van der Waals surface area contributed by atoms with Crippen molar-refractivity contribution in [3.05, 3.63) is 35.9 Å². The lowest BCUT2D eigenvalue weighted by atomic mass is 10.2. The Kier molecular flexibility index (Phi) is 5.63. The van der Waals surface area contributed by atoms with E-state index in [1.54, 1.807) is 0 Å². The molecule has 1 aromatic carbocycles. The second kappa shape index (κ2) is 7.12. The third kappa shape index (κ3) is 5.27. The molecule has 0 aliphatic heterocycles. The first kappa shape index (κ1) is 11.9. The first-order chi connectivity index (χ1) is 7.33. The third-order valence-electron chi connectivity index (χ3n) is 1.62. The summed E-state index contributed by atoms with van der Waals surface area (Å²) in [5.41, 5.74) is 1.04. The smallest absolute Gasteiger partial charge is 0.408 e. The summed E-state index contributed by atoms with van der Waals surface area (Å²) in [5.74, 6) is 2.63. The van der Waals surface area contributed by atoms with Gasteiger partial charge < -0.3 is 10.1 Å². The molecule has 1 N–H and O–H groups in total. The van der Waals surface area contributed by atoms with Gasteiger partial charge in [0.1, 0.15) is 0 Å². The van der Waals surface area contributed by atoms with Gasteiger partial charge >= 0.3 is 6.09 Å². The molecule has 0 unspecified atom stereocenters. The summed E-state index contributed by atoms with van der Waals surface area (Å²) >= 11 is 1.89. The molecule has 0 aliphatic rings. The molecule has 0 heterocycles. The lowest BCUT2D eigenvalue weighted by molar-refractivity contribution is 0.159. The van der Waals surface area contributed by atoms with Crippen molar-refractivity contribution >= 4 is 28.7 Å². The fourth-order valence-corrected chi connectivity index (χ4v) is 1.11. The minimum absolute atomic E-state index is 0.129. The van der Waals surface area contributed by atoms with Crippen LogP contribution in [-0.2, 0) is 11.3 Å². The van der Waals surface area contributed by atoms with Gasteiger partial charge in [0.2, 0.25) is 0 Å². The van der Waals surface area contributed by atoms with Crippen molar-refractivity contribution in [1.82, 2.24) is 5.32 Å². The zero-order valence-electron chi connectivity index (χ0n) is 8.00. The summed E-state index contributed by atoms with van der Waals surface area (Å²) in [4.78, 5) is 11.1. The number of alkyl carbamates (subject to hydrolysis) is 1. The van der Waals surface area contributed by atoms with Gasteiger partial charge in [0.25, 0.3) is 0 Å². The lowest BCUT2D eigenvalue weighted by Crippen LogP contribution is -2.23. The number of hydrogen-bond acceptors (Lipinski definition) is 2. The molecule has 0 atom stereocenters. The van der Waals surface area contributed by atoms with Crippen molar-refractivity contribution in [1.29, 1.82) is 0 Å². The SMILES string of the molecule is O=C(NCc1ccccc1)OCC#CI. The predicted octanol–water partition coefficient (Wildman–Crippen LogP) is 2.31. The normalized spacial score (nSPS) is 8.60. The Balaban J connectivity index is 2.24. The molecule has 1 rings (SSSR count). The molecule has 0 bridgehead atoms. The van der Waals surface area contributed by atoms with Crippen LogP contribution < -0.4 is 5.32 Å². The highest BCUT2D eigenvalue weighted by Crippen LogP contribution is 1.97. The van der Waals surface area contributed by atoms with E-state index >= 15 is 0 Å². The lowest BCUT2D eigenvalue weighted by Gasteiger charge is -2.04.